The monoisotopic (exact) mass is 144 g/mol. The first kappa shape index (κ1) is 9.09. The molecule has 1 heteroatoms. The van der Waals surface area contributed by atoms with Gasteiger partial charge in [-0.3, -0.25) is 0 Å². The van der Waals surface area contributed by atoms with E-state index in [9.17, 15) is 0 Å². The second-order valence-corrected chi connectivity index (χ2v) is 3.59. The zero-order valence-electron chi connectivity index (χ0n) is 6.52. The number of thiol groups is 1. The Kier molecular flexibility index (Phi) is 4.97. The molecule has 9 heavy (non-hydrogen) atoms. The highest BCUT2D eigenvalue weighted by Gasteiger charge is 1.90. The Balaban J connectivity index is 3.20. The van der Waals surface area contributed by atoms with Crippen LogP contribution in [0.4, 0.5) is 0 Å². The van der Waals surface area contributed by atoms with Gasteiger partial charge in [-0.25, -0.2) is 0 Å². The Hall–Kier alpha value is 0.0900. The Bertz CT molecular complexity index is 88.7. The lowest BCUT2D eigenvalue weighted by Gasteiger charge is -1.98. The highest BCUT2D eigenvalue weighted by atomic mass is 32.1. The van der Waals surface area contributed by atoms with E-state index in [4.69, 9.17) is 0 Å². The topological polar surface area (TPSA) is 0 Å². The van der Waals surface area contributed by atoms with E-state index < -0.39 is 0 Å². The van der Waals surface area contributed by atoms with Crippen molar-refractivity contribution in [3.63, 3.8) is 0 Å². The van der Waals surface area contributed by atoms with E-state index in [0.29, 0.717) is 5.25 Å². The van der Waals surface area contributed by atoms with Gasteiger partial charge in [0.05, 0.1) is 0 Å². The van der Waals surface area contributed by atoms with Crippen molar-refractivity contribution in [3.05, 3.63) is 11.6 Å². The molecule has 0 saturated carbocycles. The maximum absolute atomic E-state index is 4.27. The minimum atomic E-state index is 0.542. The van der Waals surface area contributed by atoms with Crippen LogP contribution in [0.5, 0.6) is 0 Å². The summed E-state index contributed by atoms with van der Waals surface area (Å²) in [6.45, 7) is 6.38. The molecule has 0 saturated heterocycles. The van der Waals surface area contributed by atoms with Crippen LogP contribution in [0.25, 0.3) is 0 Å². The summed E-state index contributed by atoms with van der Waals surface area (Å²) in [4.78, 5) is 0. The quantitative estimate of drug-likeness (QED) is 0.457. The predicted molar refractivity (Wildman–Crippen MR) is 47.1 cm³/mol. The lowest BCUT2D eigenvalue weighted by atomic mass is 10.2. The molecule has 0 aromatic carbocycles. The van der Waals surface area contributed by atoms with E-state index in [1.54, 1.807) is 0 Å². The summed E-state index contributed by atoms with van der Waals surface area (Å²) < 4.78 is 0. The SMILES string of the molecule is CC(C)=CCCC(C)S. The smallest absolute Gasteiger partial charge is 0.000864 e. The summed E-state index contributed by atoms with van der Waals surface area (Å²) in [5.41, 5.74) is 1.41. The van der Waals surface area contributed by atoms with Gasteiger partial charge in [-0.1, -0.05) is 18.6 Å². The third-order valence-corrected chi connectivity index (χ3v) is 1.40. The average Bonchev–Trinajstić information content (AvgIpc) is 1.63. The van der Waals surface area contributed by atoms with Crippen molar-refractivity contribution in [2.24, 2.45) is 0 Å². The minimum absolute atomic E-state index is 0.542. The molecule has 0 spiro atoms. The first-order valence-electron chi connectivity index (χ1n) is 3.44. The molecule has 54 valence electrons. The fourth-order valence-electron chi connectivity index (χ4n) is 0.613. The fraction of sp³-hybridized carbons (Fsp3) is 0.750. The number of allylic oxidation sites excluding steroid dienone is 2. The summed E-state index contributed by atoms with van der Waals surface area (Å²) in [7, 11) is 0. The van der Waals surface area contributed by atoms with Crippen molar-refractivity contribution in [1.29, 1.82) is 0 Å². The first-order valence-corrected chi connectivity index (χ1v) is 3.96. The molecule has 0 radical (unpaired) electrons. The largest absolute Gasteiger partial charge is 0.176 e. The molecule has 0 aliphatic heterocycles. The van der Waals surface area contributed by atoms with E-state index in [0.717, 1.165) is 0 Å². The standard InChI is InChI=1S/C8H16S/c1-7(2)5-4-6-8(3)9/h5,8-9H,4,6H2,1-3H3. The number of rotatable bonds is 3. The molecular formula is C8H16S. The van der Waals surface area contributed by atoms with Crippen LogP contribution in [0.15, 0.2) is 11.6 Å². The van der Waals surface area contributed by atoms with Gasteiger partial charge in [0.15, 0.2) is 0 Å². The second kappa shape index (κ2) is 4.92. The van der Waals surface area contributed by atoms with Crippen LogP contribution >= 0.6 is 12.6 Å². The van der Waals surface area contributed by atoms with Crippen LogP contribution in [-0.4, -0.2) is 5.25 Å². The number of hydrogen-bond acceptors (Lipinski definition) is 1. The van der Waals surface area contributed by atoms with Gasteiger partial charge in [0.2, 0.25) is 0 Å². The van der Waals surface area contributed by atoms with Crippen LogP contribution in [-0.2, 0) is 0 Å². The van der Waals surface area contributed by atoms with Gasteiger partial charge in [0.25, 0.3) is 0 Å². The van der Waals surface area contributed by atoms with Crippen LogP contribution in [0, 0.1) is 0 Å². The third-order valence-electron chi connectivity index (χ3n) is 1.14. The van der Waals surface area contributed by atoms with Crippen LogP contribution in [0.1, 0.15) is 33.6 Å². The summed E-state index contributed by atoms with van der Waals surface area (Å²) in [6.07, 6.45) is 4.62. The molecule has 0 rings (SSSR count). The van der Waals surface area contributed by atoms with Gasteiger partial charge < -0.3 is 0 Å². The molecule has 0 aromatic rings. The lowest BCUT2D eigenvalue weighted by molar-refractivity contribution is 0.833. The van der Waals surface area contributed by atoms with Gasteiger partial charge in [0.1, 0.15) is 0 Å². The molecular weight excluding hydrogens is 128 g/mol. The molecule has 0 nitrogen and oxygen atoms in total. The van der Waals surface area contributed by atoms with Crippen molar-refractivity contribution in [1.82, 2.24) is 0 Å². The zero-order valence-corrected chi connectivity index (χ0v) is 7.41. The van der Waals surface area contributed by atoms with Crippen LogP contribution in [0.2, 0.25) is 0 Å². The van der Waals surface area contributed by atoms with Crippen LogP contribution < -0.4 is 0 Å². The Morgan fingerprint density at radius 1 is 1.56 bits per heavy atom. The van der Waals surface area contributed by atoms with Crippen molar-refractivity contribution < 1.29 is 0 Å². The molecule has 1 unspecified atom stereocenters. The van der Waals surface area contributed by atoms with E-state index in [1.165, 1.54) is 18.4 Å². The molecule has 0 aliphatic carbocycles. The highest BCUT2D eigenvalue weighted by Crippen LogP contribution is 2.05. The van der Waals surface area contributed by atoms with E-state index in [2.05, 4.69) is 39.5 Å². The summed E-state index contributed by atoms with van der Waals surface area (Å²) in [5.74, 6) is 0. The fourth-order valence-corrected chi connectivity index (χ4v) is 0.762. The molecule has 0 heterocycles. The molecule has 0 fully saturated rings. The lowest BCUT2D eigenvalue weighted by Crippen LogP contribution is -1.87. The van der Waals surface area contributed by atoms with Crippen molar-refractivity contribution in [2.45, 2.75) is 38.9 Å². The number of hydrogen-bond donors (Lipinski definition) is 1. The van der Waals surface area contributed by atoms with E-state index in [-0.39, 0.29) is 0 Å². The van der Waals surface area contributed by atoms with Crippen LogP contribution in [0.3, 0.4) is 0 Å². The summed E-state index contributed by atoms with van der Waals surface area (Å²) >= 11 is 4.27. The third kappa shape index (κ3) is 8.09. The highest BCUT2D eigenvalue weighted by molar-refractivity contribution is 7.80. The zero-order chi connectivity index (χ0) is 7.28. The normalized spacial score (nSPS) is 12.9. The molecule has 0 N–H and O–H groups in total. The van der Waals surface area contributed by atoms with Crippen molar-refractivity contribution in [3.8, 4) is 0 Å². The maximum Gasteiger partial charge on any atom is -0.000864 e. The minimum Gasteiger partial charge on any atom is -0.176 e. The van der Waals surface area contributed by atoms with Gasteiger partial charge in [-0.05, 0) is 31.9 Å². The summed E-state index contributed by atoms with van der Waals surface area (Å²) in [5, 5.41) is 0.542. The van der Waals surface area contributed by atoms with E-state index in [1.807, 2.05) is 0 Å². The molecule has 0 aromatic heterocycles. The predicted octanol–water partition coefficient (Wildman–Crippen LogP) is 3.05. The Morgan fingerprint density at radius 3 is 2.44 bits per heavy atom. The Labute approximate surface area is 63.8 Å². The van der Waals surface area contributed by atoms with Crippen molar-refractivity contribution in [2.75, 3.05) is 0 Å². The van der Waals surface area contributed by atoms with E-state index >= 15 is 0 Å². The second-order valence-electron chi connectivity index (χ2n) is 2.71. The van der Waals surface area contributed by atoms with Gasteiger partial charge >= 0.3 is 0 Å². The average molecular weight is 144 g/mol. The molecule has 0 bridgehead atoms. The Morgan fingerprint density at radius 2 is 2.11 bits per heavy atom. The maximum atomic E-state index is 4.27. The van der Waals surface area contributed by atoms with Gasteiger partial charge in [-0.2, -0.15) is 12.6 Å². The molecule has 0 aliphatic rings. The van der Waals surface area contributed by atoms with Gasteiger partial charge in [0, 0.05) is 0 Å². The van der Waals surface area contributed by atoms with Crippen molar-refractivity contribution >= 4 is 12.6 Å². The molecule has 1 atom stereocenters. The van der Waals surface area contributed by atoms with Gasteiger partial charge in [-0.15, -0.1) is 0 Å². The first-order chi connectivity index (χ1) is 4.13. The summed E-state index contributed by atoms with van der Waals surface area (Å²) in [6, 6.07) is 0. The molecule has 0 amide bonds.